The van der Waals surface area contributed by atoms with Crippen LogP contribution in [0.1, 0.15) is 35.8 Å². The Balaban J connectivity index is 1.69. The van der Waals surface area contributed by atoms with E-state index in [9.17, 15) is 4.79 Å². The number of carbonyl (C=O) groups is 1. The Morgan fingerprint density at radius 2 is 2.20 bits per heavy atom. The Morgan fingerprint density at radius 3 is 2.75 bits per heavy atom. The van der Waals surface area contributed by atoms with Crippen LogP contribution in [0.2, 0.25) is 0 Å². The van der Waals surface area contributed by atoms with Gasteiger partial charge in [-0.05, 0) is 57.1 Å². The summed E-state index contributed by atoms with van der Waals surface area (Å²) in [5.74, 6) is -0.184. The lowest BCUT2D eigenvalue weighted by atomic mass is 9.97. The molecule has 1 saturated heterocycles. The van der Waals surface area contributed by atoms with Crippen molar-refractivity contribution in [3.8, 4) is 0 Å². The third-order valence-electron chi connectivity index (χ3n) is 3.97. The van der Waals surface area contributed by atoms with Crippen LogP contribution in [0, 0.1) is 5.92 Å². The average molecular weight is 277 g/mol. The van der Waals surface area contributed by atoms with E-state index in [1.54, 1.807) is 12.1 Å². The van der Waals surface area contributed by atoms with Gasteiger partial charge in [0.25, 0.3) is 0 Å². The molecule has 0 saturated carbocycles. The number of aromatic carboxylic acids is 1. The van der Waals surface area contributed by atoms with Gasteiger partial charge in [-0.15, -0.1) is 0 Å². The van der Waals surface area contributed by atoms with Gasteiger partial charge in [0.15, 0.2) is 0 Å². The number of pyridine rings is 1. The molecule has 1 aliphatic heterocycles. The Labute approximate surface area is 120 Å². The van der Waals surface area contributed by atoms with E-state index in [1.165, 1.54) is 32.1 Å². The Morgan fingerprint density at radius 1 is 1.45 bits per heavy atom. The third kappa shape index (κ3) is 4.28. The van der Waals surface area contributed by atoms with Crippen molar-refractivity contribution in [3.05, 3.63) is 29.6 Å². The first-order valence-corrected chi connectivity index (χ1v) is 7.30. The largest absolute Gasteiger partial charge is 0.478 e. The van der Waals surface area contributed by atoms with Crippen molar-refractivity contribution in [2.45, 2.75) is 26.3 Å². The predicted octanol–water partition coefficient (Wildman–Crippen LogP) is 1.60. The maximum atomic E-state index is 10.7. The quantitative estimate of drug-likeness (QED) is 0.827. The highest BCUT2D eigenvalue weighted by molar-refractivity contribution is 5.87. The summed E-state index contributed by atoms with van der Waals surface area (Å²) in [5, 5.41) is 12.2. The smallest absolute Gasteiger partial charge is 0.337 e. The standard InChI is InChI=1S/C15H23N3O2/c1-2-18-7-5-12(6-8-18)9-16-11-14-4-3-13(10-17-14)15(19)20/h3-4,10,12,16H,2,5-9,11H2,1H3,(H,19,20). The molecule has 0 atom stereocenters. The van der Waals surface area contributed by atoms with Crippen molar-refractivity contribution in [1.82, 2.24) is 15.2 Å². The van der Waals surface area contributed by atoms with Gasteiger partial charge >= 0.3 is 5.97 Å². The van der Waals surface area contributed by atoms with E-state index in [1.807, 2.05) is 0 Å². The van der Waals surface area contributed by atoms with Crippen LogP contribution in [0.15, 0.2) is 18.3 Å². The van der Waals surface area contributed by atoms with E-state index in [4.69, 9.17) is 5.11 Å². The zero-order valence-electron chi connectivity index (χ0n) is 12.0. The number of hydrogen-bond donors (Lipinski definition) is 2. The van der Waals surface area contributed by atoms with Crippen molar-refractivity contribution in [2.75, 3.05) is 26.2 Å². The summed E-state index contributed by atoms with van der Waals surface area (Å²) in [5.41, 5.74) is 1.13. The molecule has 2 rings (SSSR count). The summed E-state index contributed by atoms with van der Waals surface area (Å²) in [4.78, 5) is 17.4. The highest BCUT2D eigenvalue weighted by atomic mass is 16.4. The molecule has 0 unspecified atom stereocenters. The lowest BCUT2D eigenvalue weighted by Gasteiger charge is -2.31. The molecular weight excluding hydrogens is 254 g/mol. The normalized spacial score (nSPS) is 17.2. The van der Waals surface area contributed by atoms with E-state index < -0.39 is 5.97 Å². The SMILES string of the molecule is CCN1CCC(CNCc2ccc(C(=O)O)cn2)CC1. The number of nitrogens with one attached hydrogen (secondary N) is 1. The number of carboxylic acid groups (broad SMARTS) is 1. The molecule has 5 nitrogen and oxygen atoms in total. The molecule has 1 fully saturated rings. The lowest BCUT2D eigenvalue weighted by Crippen LogP contribution is -2.37. The molecule has 110 valence electrons. The molecule has 1 aliphatic rings. The van der Waals surface area contributed by atoms with Gasteiger partial charge in [0, 0.05) is 12.7 Å². The molecule has 2 N–H and O–H groups in total. The first kappa shape index (κ1) is 14.9. The second-order valence-corrected chi connectivity index (χ2v) is 5.35. The van der Waals surface area contributed by atoms with Crippen LogP contribution >= 0.6 is 0 Å². The monoisotopic (exact) mass is 277 g/mol. The van der Waals surface area contributed by atoms with Gasteiger partial charge in [0.1, 0.15) is 0 Å². The van der Waals surface area contributed by atoms with Gasteiger partial charge in [-0.2, -0.15) is 0 Å². The zero-order chi connectivity index (χ0) is 14.4. The molecule has 1 aromatic heterocycles. The number of likely N-dealkylation sites (tertiary alicyclic amines) is 1. The minimum absolute atomic E-state index is 0.237. The molecule has 0 aromatic carbocycles. The van der Waals surface area contributed by atoms with Crippen LogP contribution in [0.5, 0.6) is 0 Å². The lowest BCUT2D eigenvalue weighted by molar-refractivity contribution is 0.0696. The van der Waals surface area contributed by atoms with Gasteiger partial charge < -0.3 is 15.3 Å². The third-order valence-corrected chi connectivity index (χ3v) is 3.97. The fourth-order valence-corrected chi connectivity index (χ4v) is 2.57. The summed E-state index contributed by atoms with van der Waals surface area (Å²) in [6.45, 7) is 7.49. The van der Waals surface area contributed by atoms with Crippen molar-refractivity contribution >= 4 is 5.97 Å². The van der Waals surface area contributed by atoms with Crippen LogP contribution in [0.25, 0.3) is 0 Å². The highest BCUT2D eigenvalue weighted by Crippen LogP contribution is 2.15. The van der Waals surface area contributed by atoms with E-state index in [0.29, 0.717) is 6.54 Å². The van der Waals surface area contributed by atoms with Crippen molar-refractivity contribution in [1.29, 1.82) is 0 Å². The van der Waals surface area contributed by atoms with Crippen LogP contribution < -0.4 is 5.32 Å². The highest BCUT2D eigenvalue weighted by Gasteiger charge is 2.17. The van der Waals surface area contributed by atoms with Crippen molar-refractivity contribution in [2.24, 2.45) is 5.92 Å². The Kier molecular flexibility index (Phi) is 5.49. The average Bonchev–Trinajstić information content (AvgIpc) is 2.48. The molecule has 0 amide bonds. The number of carboxylic acids is 1. The van der Waals surface area contributed by atoms with Crippen LogP contribution in [-0.4, -0.2) is 47.1 Å². The number of rotatable bonds is 6. The van der Waals surface area contributed by atoms with Gasteiger partial charge in [0.2, 0.25) is 0 Å². The first-order valence-electron chi connectivity index (χ1n) is 7.30. The topological polar surface area (TPSA) is 65.5 Å². The number of hydrogen-bond acceptors (Lipinski definition) is 4. The molecule has 0 spiro atoms. The molecule has 1 aromatic rings. The number of aromatic nitrogens is 1. The van der Waals surface area contributed by atoms with Crippen LogP contribution in [-0.2, 0) is 6.54 Å². The predicted molar refractivity (Wildman–Crippen MR) is 77.7 cm³/mol. The summed E-state index contributed by atoms with van der Waals surface area (Å²) in [6.07, 6.45) is 3.93. The van der Waals surface area contributed by atoms with E-state index in [0.717, 1.165) is 24.7 Å². The molecule has 0 aliphatic carbocycles. The zero-order valence-corrected chi connectivity index (χ0v) is 12.0. The maximum absolute atomic E-state index is 10.7. The molecule has 20 heavy (non-hydrogen) atoms. The first-order chi connectivity index (χ1) is 9.69. The Hall–Kier alpha value is -1.46. The Bertz CT molecular complexity index is 425. The second kappa shape index (κ2) is 7.36. The van der Waals surface area contributed by atoms with Gasteiger partial charge in [-0.25, -0.2) is 4.79 Å². The summed E-state index contributed by atoms with van der Waals surface area (Å²) in [7, 11) is 0. The van der Waals surface area contributed by atoms with E-state index >= 15 is 0 Å². The minimum atomic E-state index is -0.931. The van der Waals surface area contributed by atoms with E-state index in [-0.39, 0.29) is 5.56 Å². The van der Waals surface area contributed by atoms with Gasteiger partial charge in [-0.1, -0.05) is 6.92 Å². The molecular formula is C15H23N3O2. The molecule has 5 heteroatoms. The van der Waals surface area contributed by atoms with Crippen molar-refractivity contribution < 1.29 is 9.90 Å². The summed E-state index contributed by atoms with van der Waals surface area (Å²) < 4.78 is 0. The van der Waals surface area contributed by atoms with Gasteiger partial charge in [0.05, 0.1) is 11.3 Å². The molecule has 0 bridgehead atoms. The van der Waals surface area contributed by atoms with Crippen LogP contribution in [0.4, 0.5) is 0 Å². The number of piperidine rings is 1. The fourth-order valence-electron chi connectivity index (χ4n) is 2.57. The maximum Gasteiger partial charge on any atom is 0.337 e. The summed E-state index contributed by atoms with van der Waals surface area (Å²) in [6, 6.07) is 3.38. The molecule has 0 radical (unpaired) electrons. The van der Waals surface area contributed by atoms with Crippen LogP contribution in [0.3, 0.4) is 0 Å². The molecule has 2 heterocycles. The van der Waals surface area contributed by atoms with Gasteiger partial charge in [-0.3, -0.25) is 4.98 Å². The van der Waals surface area contributed by atoms with Crippen molar-refractivity contribution in [3.63, 3.8) is 0 Å². The fraction of sp³-hybridized carbons (Fsp3) is 0.600. The number of nitrogens with zero attached hydrogens (tertiary/aromatic N) is 2. The van der Waals surface area contributed by atoms with E-state index in [2.05, 4.69) is 22.1 Å². The second-order valence-electron chi connectivity index (χ2n) is 5.35. The summed E-state index contributed by atoms with van der Waals surface area (Å²) >= 11 is 0. The minimum Gasteiger partial charge on any atom is -0.478 e.